The molecule has 2 aromatic heterocycles. The van der Waals surface area contributed by atoms with Crippen LogP contribution in [0, 0.1) is 0 Å². The van der Waals surface area contributed by atoms with Gasteiger partial charge in [0.15, 0.2) is 5.65 Å². The first-order valence-corrected chi connectivity index (χ1v) is 8.68. The van der Waals surface area contributed by atoms with Crippen molar-refractivity contribution in [3.8, 4) is 0 Å². The van der Waals surface area contributed by atoms with E-state index in [4.69, 9.17) is 4.98 Å². The molecule has 2 unspecified atom stereocenters. The third kappa shape index (κ3) is 2.32. The van der Waals surface area contributed by atoms with E-state index in [2.05, 4.69) is 32.8 Å². The molecule has 2 aliphatic rings. The maximum absolute atomic E-state index is 4.99. The maximum atomic E-state index is 4.99. The lowest BCUT2D eigenvalue weighted by Crippen LogP contribution is -2.34. The second-order valence-electron chi connectivity index (χ2n) is 6.44. The second kappa shape index (κ2) is 5.97. The van der Waals surface area contributed by atoms with Crippen LogP contribution in [0.25, 0.3) is 11.2 Å². The van der Waals surface area contributed by atoms with Gasteiger partial charge in [-0.15, -0.1) is 0 Å². The van der Waals surface area contributed by atoms with Gasteiger partial charge in [0.1, 0.15) is 11.3 Å². The van der Waals surface area contributed by atoms with Gasteiger partial charge in [-0.2, -0.15) is 0 Å². The molecule has 5 nitrogen and oxygen atoms in total. The fourth-order valence-electron chi connectivity index (χ4n) is 4.04. The fraction of sp³-hybridized carbons (Fsp3) is 0.647. The minimum Gasteiger partial charge on any atom is -0.297 e. The highest BCUT2D eigenvalue weighted by Crippen LogP contribution is 2.35. The van der Waals surface area contributed by atoms with E-state index in [1.807, 2.05) is 12.3 Å². The van der Waals surface area contributed by atoms with E-state index in [9.17, 15) is 0 Å². The number of aromatic nitrogens is 3. The molecular formula is C17H25N5. The molecule has 0 radical (unpaired) electrons. The number of pyridine rings is 1. The summed E-state index contributed by atoms with van der Waals surface area (Å²) in [5.74, 6) is 1.22. The standard InChI is InChI=1S/C17H25N5/c1-2-21-12-6-8-14(21)17-20-13-7-5-11-19-16(13)22(17)15-9-3-4-10-18-15/h5,7,11,14-15,18H,2-4,6,8-10,12H2,1H3. The molecule has 1 N–H and O–H groups in total. The van der Waals surface area contributed by atoms with Crippen LogP contribution in [0.2, 0.25) is 0 Å². The van der Waals surface area contributed by atoms with Crippen LogP contribution in [-0.2, 0) is 0 Å². The monoisotopic (exact) mass is 299 g/mol. The molecule has 5 heteroatoms. The number of likely N-dealkylation sites (tertiary alicyclic amines) is 1. The highest BCUT2D eigenvalue weighted by Gasteiger charge is 2.32. The molecule has 2 saturated heterocycles. The number of piperidine rings is 1. The zero-order chi connectivity index (χ0) is 14.9. The summed E-state index contributed by atoms with van der Waals surface area (Å²) in [7, 11) is 0. The number of hydrogen-bond donors (Lipinski definition) is 1. The molecule has 2 aromatic rings. The van der Waals surface area contributed by atoms with Gasteiger partial charge in [-0.25, -0.2) is 9.97 Å². The van der Waals surface area contributed by atoms with Crippen molar-refractivity contribution in [1.82, 2.24) is 24.8 Å². The van der Waals surface area contributed by atoms with Gasteiger partial charge in [0, 0.05) is 6.20 Å². The largest absolute Gasteiger partial charge is 0.297 e. The van der Waals surface area contributed by atoms with Crippen molar-refractivity contribution in [1.29, 1.82) is 0 Å². The molecule has 0 spiro atoms. The maximum Gasteiger partial charge on any atom is 0.161 e. The summed E-state index contributed by atoms with van der Waals surface area (Å²) >= 11 is 0. The summed E-state index contributed by atoms with van der Waals surface area (Å²) in [5.41, 5.74) is 2.08. The zero-order valence-electron chi connectivity index (χ0n) is 13.3. The van der Waals surface area contributed by atoms with E-state index in [0.29, 0.717) is 12.2 Å². The first kappa shape index (κ1) is 14.2. The summed E-state index contributed by atoms with van der Waals surface area (Å²) in [4.78, 5) is 12.2. The van der Waals surface area contributed by atoms with Gasteiger partial charge in [0.05, 0.1) is 12.2 Å². The van der Waals surface area contributed by atoms with Gasteiger partial charge in [-0.05, 0) is 63.9 Å². The zero-order valence-corrected chi connectivity index (χ0v) is 13.3. The van der Waals surface area contributed by atoms with E-state index in [1.165, 1.54) is 44.5 Å². The first-order chi connectivity index (χ1) is 10.9. The lowest BCUT2D eigenvalue weighted by Gasteiger charge is -2.30. The molecule has 4 heterocycles. The molecule has 0 amide bonds. The molecular weight excluding hydrogens is 274 g/mol. The quantitative estimate of drug-likeness (QED) is 0.946. The molecule has 0 aliphatic carbocycles. The highest BCUT2D eigenvalue weighted by atomic mass is 15.3. The Morgan fingerprint density at radius 2 is 2.23 bits per heavy atom. The number of rotatable bonds is 3. The Hall–Kier alpha value is -1.46. The van der Waals surface area contributed by atoms with E-state index in [1.54, 1.807) is 0 Å². The number of imidazole rings is 1. The van der Waals surface area contributed by atoms with Gasteiger partial charge < -0.3 is 0 Å². The second-order valence-corrected chi connectivity index (χ2v) is 6.44. The molecule has 2 aliphatic heterocycles. The average molecular weight is 299 g/mol. The van der Waals surface area contributed by atoms with E-state index < -0.39 is 0 Å². The van der Waals surface area contributed by atoms with Crippen LogP contribution >= 0.6 is 0 Å². The van der Waals surface area contributed by atoms with Crippen LogP contribution in [0.3, 0.4) is 0 Å². The molecule has 2 fully saturated rings. The van der Waals surface area contributed by atoms with Gasteiger partial charge in [0.25, 0.3) is 0 Å². The van der Waals surface area contributed by atoms with Gasteiger partial charge in [-0.3, -0.25) is 14.8 Å². The Kier molecular flexibility index (Phi) is 3.84. The van der Waals surface area contributed by atoms with Gasteiger partial charge in [0.2, 0.25) is 0 Å². The Balaban J connectivity index is 1.82. The lowest BCUT2D eigenvalue weighted by atomic mass is 10.1. The smallest absolute Gasteiger partial charge is 0.161 e. The molecule has 118 valence electrons. The van der Waals surface area contributed by atoms with Crippen molar-refractivity contribution < 1.29 is 0 Å². The van der Waals surface area contributed by atoms with Crippen LogP contribution in [-0.4, -0.2) is 39.1 Å². The minimum atomic E-state index is 0.350. The molecule has 22 heavy (non-hydrogen) atoms. The number of nitrogens with one attached hydrogen (secondary N) is 1. The summed E-state index contributed by atoms with van der Waals surface area (Å²) in [6.45, 7) is 5.64. The fourth-order valence-corrected chi connectivity index (χ4v) is 4.04. The number of fused-ring (bicyclic) bond motifs is 1. The topological polar surface area (TPSA) is 46.0 Å². The van der Waals surface area contributed by atoms with Crippen LogP contribution < -0.4 is 5.32 Å². The molecule has 0 bridgehead atoms. The lowest BCUT2D eigenvalue weighted by molar-refractivity contribution is 0.240. The first-order valence-electron chi connectivity index (χ1n) is 8.68. The number of nitrogens with zero attached hydrogens (tertiary/aromatic N) is 4. The van der Waals surface area contributed by atoms with Crippen LogP contribution in [0.1, 0.15) is 57.1 Å². The van der Waals surface area contributed by atoms with Crippen LogP contribution in [0.15, 0.2) is 18.3 Å². The van der Waals surface area contributed by atoms with Crippen molar-refractivity contribution in [3.63, 3.8) is 0 Å². The SMILES string of the molecule is CCN1CCCC1c1nc2cccnc2n1C1CCCCN1. The van der Waals surface area contributed by atoms with E-state index in [0.717, 1.165) is 24.3 Å². The summed E-state index contributed by atoms with van der Waals surface area (Å²) in [5, 5.41) is 3.67. The normalized spacial score (nSPS) is 26.8. The van der Waals surface area contributed by atoms with Gasteiger partial charge >= 0.3 is 0 Å². The van der Waals surface area contributed by atoms with Crippen molar-refractivity contribution >= 4 is 11.2 Å². The van der Waals surface area contributed by atoms with Crippen molar-refractivity contribution in [2.45, 2.75) is 51.2 Å². The predicted molar refractivity (Wildman–Crippen MR) is 87.6 cm³/mol. The third-order valence-electron chi connectivity index (χ3n) is 5.14. The Labute approximate surface area is 131 Å². The van der Waals surface area contributed by atoms with Gasteiger partial charge in [-0.1, -0.05) is 6.92 Å². The summed E-state index contributed by atoms with van der Waals surface area (Å²) < 4.78 is 2.40. The summed E-state index contributed by atoms with van der Waals surface area (Å²) in [6.07, 6.45) is 8.45. The highest BCUT2D eigenvalue weighted by molar-refractivity contribution is 5.71. The molecule has 4 rings (SSSR count). The van der Waals surface area contributed by atoms with Crippen molar-refractivity contribution in [3.05, 3.63) is 24.2 Å². The van der Waals surface area contributed by atoms with E-state index in [-0.39, 0.29) is 0 Å². The average Bonchev–Trinajstić information content (AvgIpc) is 3.19. The molecule has 0 aromatic carbocycles. The Bertz CT molecular complexity index is 644. The minimum absolute atomic E-state index is 0.350. The molecule has 2 atom stereocenters. The summed E-state index contributed by atoms with van der Waals surface area (Å²) in [6, 6.07) is 4.53. The van der Waals surface area contributed by atoms with Crippen molar-refractivity contribution in [2.75, 3.05) is 19.6 Å². The predicted octanol–water partition coefficient (Wildman–Crippen LogP) is 2.86. The Morgan fingerprint density at radius 3 is 3.05 bits per heavy atom. The van der Waals surface area contributed by atoms with E-state index >= 15 is 0 Å². The Morgan fingerprint density at radius 1 is 1.27 bits per heavy atom. The third-order valence-corrected chi connectivity index (χ3v) is 5.14. The van der Waals surface area contributed by atoms with Crippen LogP contribution in [0.4, 0.5) is 0 Å². The van der Waals surface area contributed by atoms with Crippen molar-refractivity contribution in [2.24, 2.45) is 0 Å². The number of hydrogen-bond acceptors (Lipinski definition) is 4. The van der Waals surface area contributed by atoms with Crippen LogP contribution in [0.5, 0.6) is 0 Å². The molecule has 0 saturated carbocycles.